The predicted molar refractivity (Wildman–Crippen MR) is 71.7 cm³/mol. The van der Waals surface area contributed by atoms with E-state index in [-0.39, 0.29) is 22.6 Å². The highest BCUT2D eigenvalue weighted by Crippen LogP contribution is 2.15. The molecule has 1 aromatic heterocycles. The number of rotatable bonds is 5. The summed E-state index contributed by atoms with van der Waals surface area (Å²) in [7, 11) is -3.72. The fourth-order valence-corrected chi connectivity index (χ4v) is 3.54. The maximum absolute atomic E-state index is 13.5. The van der Waals surface area contributed by atoms with Gasteiger partial charge in [-0.1, -0.05) is 0 Å². The Kier molecular flexibility index (Phi) is 4.17. The smallest absolute Gasteiger partial charge is 0.335 e. The molecule has 106 valence electrons. The Labute approximate surface area is 118 Å². The molecule has 0 bridgehead atoms. The van der Waals surface area contributed by atoms with Crippen LogP contribution in [0, 0.1) is 5.82 Å². The second-order valence-corrected chi connectivity index (χ2v) is 6.44. The second-order valence-electron chi connectivity index (χ2n) is 3.89. The van der Waals surface area contributed by atoms with E-state index in [1.54, 1.807) is 5.38 Å². The van der Waals surface area contributed by atoms with Gasteiger partial charge in [-0.25, -0.2) is 22.3 Å². The molecule has 0 saturated heterocycles. The molecule has 1 heterocycles. The van der Waals surface area contributed by atoms with Crippen molar-refractivity contribution in [2.45, 2.75) is 11.4 Å². The Morgan fingerprint density at radius 1 is 1.35 bits per heavy atom. The van der Waals surface area contributed by atoms with Gasteiger partial charge >= 0.3 is 5.97 Å². The quantitative estimate of drug-likeness (QED) is 0.884. The van der Waals surface area contributed by atoms with Gasteiger partial charge in [0.15, 0.2) is 0 Å². The van der Waals surface area contributed by atoms with Gasteiger partial charge < -0.3 is 5.11 Å². The molecule has 2 rings (SSSR count). The lowest BCUT2D eigenvalue weighted by Crippen LogP contribution is -2.23. The van der Waals surface area contributed by atoms with E-state index in [1.165, 1.54) is 22.8 Å². The number of thiophene rings is 1. The Morgan fingerprint density at radius 2 is 2.10 bits per heavy atom. The first-order chi connectivity index (χ1) is 9.40. The predicted octanol–water partition coefficient (Wildman–Crippen LogP) is 2.06. The van der Waals surface area contributed by atoms with Crippen molar-refractivity contribution in [1.82, 2.24) is 4.72 Å². The van der Waals surface area contributed by atoms with Crippen LogP contribution in [0.4, 0.5) is 4.39 Å². The maximum Gasteiger partial charge on any atom is 0.335 e. The van der Waals surface area contributed by atoms with Gasteiger partial charge in [-0.3, -0.25) is 0 Å². The highest BCUT2D eigenvalue weighted by Gasteiger charge is 2.16. The van der Waals surface area contributed by atoms with E-state index in [1.807, 2.05) is 0 Å². The molecule has 5 nitrogen and oxygen atoms in total. The minimum atomic E-state index is -3.72. The number of hydrogen-bond acceptors (Lipinski definition) is 4. The summed E-state index contributed by atoms with van der Waals surface area (Å²) in [6, 6.07) is 4.65. The van der Waals surface area contributed by atoms with Crippen molar-refractivity contribution in [2.24, 2.45) is 0 Å². The zero-order chi connectivity index (χ0) is 14.8. The average molecular weight is 315 g/mol. The van der Waals surface area contributed by atoms with Crippen LogP contribution in [0.3, 0.4) is 0 Å². The number of benzene rings is 1. The molecule has 0 fully saturated rings. The van der Waals surface area contributed by atoms with Crippen molar-refractivity contribution in [2.75, 3.05) is 0 Å². The Hall–Kier alpha value is -1.77. The molecule has 0 unspecified atom stereocenters. The first-order valence-electron chi connectivity index (χ1n) is 5.44. The van der Waals surface area contributed by atoms with Crippen LogP contribution in [-0.2, 0) is 16.6 Å². The first-order valence-corrected chi connectivity index (χ1v) is 7.86. The molecule has 0 amide bonds. The SMILES string of the molecule is O=C(O)c1ccc(F)c(CNS(=O)(=O)c2ccsc2)c1. The zero-order valence-electron chi connectivity index (χ0n) is 10.0. The highest BCUT2D eigenvalue weighted by molar-refractivity contribution is 7.89. The van der Waals surface area contributed by atoms with E-state index < -0.39 is 21.8 Å². The topological polar surface area (TPSA) is 83.5 Å². The van der Waals surface area contributed by atoms with Crippen molar-refractivity contribution in [3.05, 3.63) is 52.0 Å². The lowest BCUT2D eigenvalue weighted by atomic mass is 10.1. The molecule has 2 N–H and O–H groups in total. The number of aromatic carboxylic acids is 1. The van der Waals surface area contributed by atoms with Crippen molar-refractivity contribution in [3.63, 3.8) is 0 Å². The third kappa shape index (κ3) is 3.21. The Balaban J connectivity index is 2.19. The summed E-state index contributed by atoms with van der Waals surface area (Å²) in [5.41, 5.74) is -0.125. The van der Waals surface area contributed by atoms with Crippen molar-refractivity contribution < 1.29 is 22.7 Å². The number of carboxylic acids is 1. The van der Waals surface area contributed by atoms with Crippen molar-refractivity contribution >= 4 is 27.3 Å². The van der Waals surface area contributed by atoms with E-state index in [9.17, 15) is 17.6 Å². The normalized spacial score (nSPS) is 11.4. The first kappa shape index (κ1) is 14.6. The highest BCUT2D eigenvalue weighted by atomic mass is 32.2. The standard InChI is InChI=1S/C12H10FNO4S2/c13-11-2-1-8(12(15)16)5-9(11)6-14-20(17,18)10-3-4-19-7-10/h1-5,7,14H,6H2,(H,15,16). The Bertz CT molecular complexity index is 726. The van der Waals surface area contributed by atoms with Gasteiger partial charge in [-0.05, 0) is 29.6 Å². The van der Waals surface area contributed by atoms with E-state index in [2.05, 4.69) is 4.72 Å². The van der Waals surface area contributed by atoms with Crippen LogP contribution in [0.2, 0.25) is 0 Å². The summed E-state index contributed by atoms with van der Waals surface area (Å²) in [4.78, 5) is 10.9. The number of hydrogen-bond donors (Lipinski definition) is 2. The van der Waals surface area contributed by atoms with Crippen LogP contribution in [0.5, 0.6) is 0 Å². The van der Waals surface area contributed by atoms with Crippen molar-refractivity contribution in [1.29, 1.82) is 0 Å². The number of carboxylic acid groups (broad SMARTS) is 1. The van der Waals surface area contributed by atoms with Crippen LogP contribution >= 0.6 is 11.3 Å². The molecule has 0 aliphatic rings. The van der Waals surface area contributed by atoms with Gasteiger partial charge in [-0.15, -0.1) is 0 Å². The van der Waals surface area contributed by atoms with Gasteiger partial charge in [0.1, 0.15) is 5.82 Å². The van der Waals surface area contributed by atoms with E-state index in [4.69, 9.17) is 5.11 Å². The molecule has 0 atom stereocenters. The van der Waals surface area contributed by atoms with Crippen LogP contribution in [-0.4, -0.2) is 19.5 Å². The average Bonchev–Trinajstić information content (AvgIpc) is 2.92. The monoisotopic (exact) mass is 315 g/mol. The van der Waals surface area contributed by atoms with E-state index >= 15 is 0 Å². The number of nitrogens with one attached hydrogen (secondary N) is 1. The molecular weight excluding hydrogens is 305 g/mol. The fraction of sp³-hybridized carbons (Fsp3) is 0.0833. The molecule has 0 aliphatic heterocycles. The van der Waals surface area contributed by atoms with Crippen LogP contribution < -0.4 is 4.72 Å². The van der Waals surface area contributed by atoms with E-state index in [0.717, 1.165) is 18.2 Å². The third-order valence-electron chi connectivity index (χ3n) is 2.55. The van der Waals surface area contributed by atoms with Crippen LogP contribution in [0.15, 0.2) is 39.9 Å². The van der Waals surface area contributed by atoms with Gasteiger partial charge in [0.05, 0.1) is 10.5 Å². The molecule has 0 spiro atoms. The second kappa shape index (κ2) is 5.70. The summed E-state index contributed by atoms with van der Waals surface area (Å²) in [5, 5.41) is 11.9. The fourth-order valence-electron chi connectivity index (χ4n) is 1.50. The lowest BCUT2D eigenvalue weighted by Gasteiger charge is -2.07. The van der Waals surface area contributed by atoms with Crippen molar-refractivity contribution in [3.8, 4) is 0 Å². The van der Waals surface area contributed by atoms with E-state index in [0.29, 0.717) is 0 Å². The molecule has 20 heavy (non-hydrogen) atoms. The summed E-state index contributed by atoms with van der Waals surface area (Å²) in [6.07, 6.45) is 0. The Morgan fingerprint density at radius 3 is 2.70 bits per heavy atom. The largest absolute Gasteiger partial charge is 0.478 e. The zero-order valence-corrected chi connectivity index (χ0v) is 11.7. The summed E-state index contributed by atoms with van der Waals surface area (Å²) in [6.45, 7) is -0.314. The minimum absolute atomic E-state index is 0.0243. The van der Waals surface area contributed by atoms with Crippen LogP contribution in [0.25, 0.3) is 0 Å². The molecule has 0 aliphatic carbocycles. The summed E-state index contributed by atoms with van der Waals surface area (Å²) >= 11 is 1.23. The lowest BCUT2D eigenvalue weighted by molar-refractivity contribution is 0.0696. The number of carbonyl (C=O) groups is 1. The summed E-state index contributed by atoms with van der Waals surface area (Å²) in [5.74, 6) is -1.87. The van der Waals surface area contributed by atoms with Gasteiger partial charge in [0, 0.05) is 17.5 Å². The van der Waals surface area contributed by atoms with Gasteiger partial charge in [0.2, 0.25) is 10.0 Å². The molecule has 8 heteroatoms. The molecule has 0 saturated carbocycles. The molecule has 0 radical (unpaired) electrons. The number of sulfonamides is 1. The van der Waals surface area contributed by atoms with Crippen LogP contribution in [0.1, 0.15) is 15.9 Å². The maximum atomic E-state index is 13.5. The van der Waals surface area contributed by atoms with Gasteiger partial charge in [0.25, 0.3) is 0 Å². The molecule has 2 aromatic rings. The molecular formula is C12H10FNO4S2. The van der Waals surface area contributed by atoms with Gasteiger partial charge in [-0.2, -0.15) is 11.3 Å². The third-order valence-corrected chi connectivity index (χ3v) is 4.78. The number of halogens is 1. The molecule has 1 aromatic carbocycles. The summed E-state index contributed by atoms with van der Waals surface area (Å²) < 4.78 is 39.5. The minimum Gasteiger partial charge on any atom is -0.478 e.